The maximum atomic E-state index is 13.5. The molecule has 0 amide bonds. The molecule has 0 unspecified atom stereocenters. The van der Waals surface area contributed by atoms with Gasteiger partial charge in [-0.05, 0) is 39.8 Å². The molecular formula is C30H29F3N6O2. The van der Waals surface area contributed by atoms with Crippen molar-refractivity contribution in [1.29, 1.82) is 0 Å². The maximum absolute atomic E-state index is 13.5. The fourth-order valence-corrected chi connectivity index (χ4v) is 6.22. The zero-order valence-corrected chi connectivity index (χ0v) is 22.4. The van der Waals surface area contributed by atoms with E-state index in [0.29, 0.717) is 48.6 Å². The molecule has 4 aromatic rings. The summed E-state index contributed by atoms with van der Waals surface area (Å²) in [5.74, 6) is -0.427. The van der Waals surface area contributed by atoms with Crippen LogP contribution in [0.4, 0.5) is 13.2 Å². The second-order valence-electron chi connectivity index (χ2n) is 10.4. The van der Waals surface area contributed by atoms with Crippen LogP contribution in [0.1, 0.15) is 34.9 Å². The van der Waals surface area contributed by atoms with Crippen molar-refractivity contribution in [2.45, 2.75) is 37.1 Å². The van der Waals surface area contributed by atoms with Gasteiger partial charge in [0.25, 0.3) is 5.82 Å². The third kappa shape index (κ3) is 5.34. The van der Waals surface area contributed by atoms with Gasteiger partial charge in [-0.3, -0.25) is 14.6 Å². The van der Waals surface area contributed by atoms with Crippen molar-refractivity contribution >= 4 is 5.78 Å². The molecule has 0 bridgehead atoms. The molecule has 212 valence electrons. The molecule has 2 fully saturated rings. The van der Waals surface area contributed by atoms with Crippen LogP contribution in [0, 0.1) is 0 Å². The summed E-state index contributed by atoms with van der Waals surface area (Å²) in [5.41, 5.74) is 3.20. The summed E-state index contributed by atoms with van der Waals surface area (Å²) in [4.78, 5) is 17.6. The van der Waals surface area contributed by atoms with E-state index >= 15 is 0 Å². The highest BCUT2D eigenvalue weighted by Gasteiger charge is 2.45. The van der Waals surface area contributed by atoms with Gasteiger partial charge in [-0.15, -0.1) is 5.10 Å². The molecule has 2 saturated heterocycles. The number of rotatable bonds is 7. The van der Waals surface area contributed by atoms with E-state index in [1.807, 2.05) is 36.4 Å². The third-order valence-corrected chi connectivity index (χ3v) is 8.02. The second kappa shape index (κ2) is 11.1. The first-order valence-electron chi connectivity index (χ1n) is 13.5. The molecule has 11 heteroatoms. The molecule has 0 aliphatic carbocycles. The molecule has 3 heterocycles. The molecule has 0 radical (unpaired) electrons. The number of nitrogens with zero attached hydrogens (tertiary/aromatic N) is 6. The largest absolute Gasteiger partial charge is 0.496 e. The molecule has 2 atom stereocenters. The third-order valence-electron chi connectivity index (χ3n) is 8.02. The summed E-state index contributed by atoms with van der Waals surface area (Å²) >= 11 is 0. The Balaban J connectivity index is 1.36. The van der Waals surface area contributed by atoms with Crippen LogP contribution >= 0.6 is 0 Å². The summed E-state index contributed by atoms with van der Waals surface area (Å²) in [6, 6.07) is 25.1. The van der Waals surface area contributed by atoms with Gasteiger partial charge in [-0.25, -0.2) is 0 Å². The number of methoxy groups -OCH3 is 1. The lowest BCUT2D eigenvalue weighted by molar-refractivity contribution is -0.146. The number of carbonyl (C=O) groups is 1. The summed E-state index contributed by atoms with van der Waals surface area (Å²) in [6.45, 7) is 2.27. The van der Waals surface area contributed by atoms with E-state index in [2.05, 4.69) is 49.6 Å². The monoisotopic (exact) mass is 562 g/mol. The van der Waals surface area contributed by atoms with Gasteiger partial charge in [0.15, 0.2) is 5.78 Å². The first-order chi connectivity index (χ1) is 19.8. The number of benzene rings is 3. The highest BCUT2D eigenvalue weighted by Crippen LogP contribution is 2.38. The van der Waals surface area contributed by atoms with Crippen LogP contribution in [0.25, 0.3) is 5.69 Å². The van der Waals surface area contributed by atoms with Gasteiger partial charge in [-0.2, -0.15) is 17.9 Å². The Labute approximate surface area is 235 Å². The molecule has 2 aliphatic heterocycles. The first-order valence-corrected chi connectivity index (χ1v) is 13.5. The fraction of sp³-hybridized carbons (Fsp3) is 0.333. The van der Waals surface area contributed by atoms with Crippen LogP contribution < -0.4 is 4.74 Å². The van der Waals surface area contributed by atoms with Crippen LogP contribution in [-0.2, 0) is 17.5 Å². The van der Waals surface area contributed by atoms with Gasteiger partial charge in [0.05, 0.1) is 18.8 Å². The number of halogens is 3. The van der Waals surface area contributed by atoms with Crippen LogP contribution in [0.3, 0.4) is 0 Å². The highest BCUT2D eigenvalue weighted by atomic mass is 19.4. The number of Topliss-reactive ketones (excluding diaryl/α,β-unsaturated/α-hetero) is 1. The van der Waals surface area contributed by atoms with E-state index in [1.54, 1.807) is 12.1 Å². The number of hydrogen-bond acceptors (Lipinski definition) is 7. The van der Waals surface area contributed by atoms with Gasteiger partial charge >= 0.3 is 6.18 Å². The second-order valence-corrected chi connectivity index (χ2v) is 10.4. The zero-order valence-electron chi connectivity index (χ0n) is 22.4. The lowest BCUT2D eigenvalue weighted by atomic mass is 9.82. The number of carbonyl (C=O) groups excluding carboxylic acids is 1. The minimum absolute atomic E-state index is 0.00975. The number of ketones is 1. The average Bonchev–Trinajstić information content (AvgIpc) is 3.62. The maximum Gasteiger partial charge on any atom is 0.453 e. The van der Waals surface area contributed by atoms with Crippen molar-refractivity contribution in [2.24, 2.45) is 0 Å². The van der Waals surface area contributed by atoms with Crippen molar-refractivity contribution in [2.75, 3.05) is 26.7 Å². The summed E-state index contributed by atoms with van der Waals surface area (Å²) in [5, 5.41) is 10.0. The van der Waals surface area contributed by atoms with E-state index in [-0.39, 0.29) is 29.5 Å². The van der Waals surface area contributed by atoms with Crippen molar-refractivity contribution in [3.63, 3.8) is 0 Å². The average molecular weight is 563 g/mol. The zero-order chi connectivity index (χ0) is 28.6. The summed E-state index contributed by atoms with van der Waals surface area (Å²) in [7, 11) is 1.53. The number of alkyl halides is 3. The van der Waals surface area contributed by atoms with Crippen LogP contribution in [-0.4, -0.2) is 74.6 Å². The van der Waals surface area contributed by atoms with Crippen molar-refractivity contribution in [3.8, 4) is 11.4 Å². The molecule has 6 rings (SSSR count). The lowest BCUT2D eigenvalue weighted by Gasteiger charge is -2.46. The normalized spacial score (nSPS) is 20.0. The van der Waals surface area contributed by atoms with E-state index in [9.17, 15) is 18.0 Å². The number of tetrazole rings is 1. The van der Waals surface area contributed by atoms with Gasteiger partial charge < -0.3 is 4.74 Å². The predicted molar refractivity (Wildman–Crippen MR) is 145 cm³/mol. The Bertz CT molecular complexity index is 1470. The van der Waals surface area contributed by atoms with E-state index in [1.165, 1.54) is 24.3 Å². The topological polar surface area (TPSA) is 76.4 Å². The Morgan fingerprint density at radius 1 is 0.976 bits per heavy atom. The smallest absolute Gasteiger partial charge is 0.453 e. The minimum Gasteiger partial charge on any atom is -0.496 e. The van der Waals surface area contributed by atoms with Crippen LogP contribution in [0.5, 0.6) is 5.75 Å². The van der Waals surface area contributed by atoms with E-state index in [0.717, 1.165) is 0 Å². The summed E-state index contributed by atoms with van der Waals surface area (Å²) in [6.07, 6.45) is -4.20. The number of ether oxygens (including phenoxy) is 1. The molecule has 0 N–H and O–H groups in total. The first kappa shape index (κ1) is 27.1. The number of piperazine rings is 1. The van der Waals surface area contributed by atoms with Crippen LogP contribution in [0.15, 0.2) is 78.9 Å². The SMILES string of the molecule is COc1ccc(-n2nnnc2C(F)(F)F)cc1CN1C[C@@H]2C(=O)CCN2[C@H](C(c2ccccc2)c2ccccc2)C1. The number of fused-ring (bicyclic) bond motifs is 1. The molecule has 0 spiro atoms. The molecule has 1 aromatic heterocycles. The Morgan fingerprint density at radius 3 is 2.29 bits per heavy atom. The van der Waals surface area contributed by atoms with Crippen LogP contribution in [0.2, 0.25) is 0 Å². The van der Waals surface area contributed by atoms with Gasteiger partial charge in [-0.1, -0.05) is 60.7 Å². The standard InChI is InChI=1S/C30H29F3N6O2/c1-41-27-13-12-23(39-29(30(31,32)33)34-35-36-39)16-22(27)17-37-18-24-26(40)14-15-38(24)25(19-37)28(20-8-4-2-5-9-20)21-10-6-3-7-11-21/h2-13,16,24-25,28H,14-15,17-19H2,1H3/t24-,25+/m1/s1. The molecule has 8 nitrogen and oxygen atoms in total. The van der Waals surface area contributed by atoms with Gasteiger partial charge in [0, 0.05) is 50.1 Å². The lowest BCUT2D eigenvalue weighted by Crippen LogP contribution is -2.59. The number of hydrogen-bond donors (Lipinski definition) is 0. The van der Waals surface area contributed by atoms with Gasteiger partial charge in [0.1, 0.15) is 5.75 Å². The van der Waals surface area contributed by atoms with E-state index < -0.39 is 12.0 Å². The van der Waals surface area contributed by atoms with Crippen molar-refractivity contribution in [1.82, 2.24) is 30.0 Å². The highest BCUT2D eigenvalue weighted by molar-refractivity contribution is 5.86. The Kier molecular flexibility index (Phi) is 7.31. The molecule has 41 heavy (non-hydrogen) atoms. The quantitative estimate of drug-likeness (QED) is 0.332. The number of aromatic nitrogens is 4. The minimum atomic E-state index is -4.71. The van der Waals surface area contributed by atoms with E-state index in [4.69, 9.17) is 4.74 Å². The predicted octanol–water partition coefficient (Wildman–Crippen LogP) is 4.35. The summed E-state index contributed by atoms with van der Waals surface area (Å²) < 4.78 is 46.8. The molecule has 0 saturated carbocycles. The Morgan fingerprint density at radius 2 is 1.66 bits per heavy atom. The Hall–Kier alpha value is -4.09. The molecule has 2 aliphatic rings. The fourth-order valence-electron chi connectivity index (χ4n) is 6.22. The van der Waals surface area contributed by atoms with Gasteiger partial charge in [0.2, 0.25) is 0 Å². The molecular weight excluding hydrogens is 533 g/mol. The van der Waals surface area contributed by atoms with Crippen molar-refractivity contribution < 1.29 is 22.7 Å². The van der Waals surface area contributed by atoms with Crippen molar-refractivity contribution in [3.05, 3.63) is 101 Å². The molecule has 3 aromatic carbocycles.